The van der Waals surface area contributed by atoms with Crippen molar-refractivity contribution in [3.8, 4) is 22.9 Å². The van der Waals surface area contributed by atoms with E-state index in [0.29, 0.717) is 11.6 Å². The Hall–Kier alpha value is -2.93. The molecule has 0 radical (unpaired) electrons. The molecule has 2 N–H and O–H groups in total. The number of nitrogen functional groups attached to an aromatic ring is 1. The molecule has 3 heterocycles. The van der Waals surface area contributed by atoms with E-state index in [0.717, 1.165) is 43.2 Å². The van der Waals surface area contributed by atoms with Crippen LogP contribution in [-0.2, 0) is 19.5 Å². The smallest absolute Gasteiger partial charge is 0.263 e. The van der Waals surface area contributed by atoms with Crippen molar-refractivity contribution in [2.45, 2.75) is 39.3 Å². The molecule has 1 aliphatic carbocycles. The summed E-state index contributed by atoms with van der Waals surface area (Å²) < 4.78 is 7.84. The van der Waals surface area contributed by atoms with Crippen LogP contribution in [0.4, 0.5) is 5.82 Å². The molecule has 0 atom stereocenters. The molecule has 7 heteroatoms. The summed E-state index contributed by atoms with van der Waals surface area (Å²) in [7, 11) is 2.16. The van der Waals surface area contributed by atoms with Gasteiger partial charge in [-0.3, -0.25) is 4.68 Å². The number of anilines is 1. The van der Waals surface area contributed by atoms with Crippen LogP contribution in [0.2, 0.25) is 0 Å². The molecule has 1 saturated carbocycles. The SMILES string of the molecule is Cc1cc(-c2cnc(N)c(Oc3cnn(CC4CC4)c3)n2)cc2c1CCN(C)C2. The molecular weight excluding hydrogens is 364 g/mol. The van der Waals surface area contributed by atoms with Crippen molar-refractivity contribution >= 4 is 5.82 Å². The van der Waals surface area contributed by atoms with E-state index in [1.54, 1.807) is 12.4 Å². The van der Waals surface area contributed by atoms with Crippen molar-refractivity contribution < 1.29 is 4.74 Å². The Bertz CT molecular complexity index is 1060. The number of nitrogens with two attached hydrogens (primary N) is 1. The second kappa shape index (κ2) is 7.15. The van der Waals surface area contributed by atoms with Gasteiger partial charge in [0.1, 0.15) is 0 Å². The van der Waals surface area contributed by atoms with E-state index >= 15 is 0 Å². The highest BCUT2D eigenvalue weighted by Crippen LogP contribution is 2.32. The van der Waals surface area contributed by atoms with Gasteiger partial charge in [0.15, 0.2) is 11.6 Å². The first kappa shape index (κ1) is 18.1. The van der Waals surface area contributed by atoms with E-state index < -0.39 is 0 Å². The molecule has 0 spiro atoms. The molecular formula is C22H26N6O. The van der Waals surface area contributed by atoms with E-state index in [4.69, 9.17) is 10.5 Å². The molecule has 3 aromatic rings. The van der Waals surface area contributed by atoms with E-state index in [2.05, 4.69) is 46.1 Å². The quantitative estimate of drug-likeness (QED) is 0.719. The fraction of sp³-hybridized carbons (Fsp3) is 0.409. The first-order chi connectivity index (χ1) is 14.0. The molecule has 0 unspecified atom stereocenters. The van der Waals surface area contributed by atoms with Gasteiger partial charge in [0, 0.05) is 25.2 Å². The van der Waals surface area contributed by atoms with Gasteiger partial charge in [0.2, 0.25) is 0 Å². The summed E-state index contributed by atoms with van der Waals surface area (Å²) in [5, 5.41) is 4.37. The van der Waals surface area contributed by atoms with Crippen molar-refractivity contribution in [3.63, 3.8) is 0 Å². The summed E-state index contributed by atoms with van der Waals surface area (Å²) in [4.78, 5) is 11.3. The Morgan fingerprint density at radius 2 is 2.10 bits per heavy atom. The van der Waals surface area contributed by atoms with E-state index in [1.165, 1.54) is 29.5 Å². The van der Waals surface area contributed by atoms with Crippen LogP contribution in [0, 0.1) is 12.8 Å². The number of benzene rings is 1. The minimum atomic E-state index is 0.276. The number of aromatic nitrogens is 4. The van der Waals surface area contributed by atoms with Crippen LogP contribution in [0.25, 0.3) is 11.3 Å². The Kier molecular flexibility index (Phi) is 4.47. The number of aryl methyl sites for hydroxylation is 1. The first-order valence-electron chi connectivity index (χ1n) is 10.2. The van der Waals surface area contributed by atoms with Crippen LogP contribution in [0.3, 0.4) is 0 Å². The molecule has 1 aromatic carbocycles. The van der Waals surface area contributed by atoms with E-state index in [-0.39, 0.29) is 5.82 Å². The topological polar surface area (TPSA) is 82.1 Å². The minimum absolute atomic E-state index is 0.276. The monoisotopic (exact) mass is 390 g/mol. The van der Waals surface area contributed by atoms with Gasteiger partial charge < -0.3 is 15.4 Å². The highest BCUT2D eigenvalue weighted by Gasteiger charge is 2.22. The first-order valence-corrected chi connectivity index (χ1v) is 10.2. The number of fused-ring (bicyclic) bond motifs is 1. The molecule has 29 heavy (non-hydrogen) atoms. The Morgan fingerprint density at radius 1 is 1.24 bits per heavy atom. The summed E-state index contributed by atoms with van der Waals surface area (Å²) in [6, 6.07) is 4.40. The minimum Gasteiger partial charge on any atom is -0.433 e. The molecule has 1 fully saturated rings. The molecule has 5 rings (SSSR count). The van der Waals surface area contributed by atoms with Crippen LogP contribution < -0.4 is 10.5 Å². The summed E-state index contributed by atoms with van der Waals surface area (Å²) in [6.07, 6.45) is 8.97. The maximum absolute atomic E-state index is 6.04. The van der Waals surface area contributed by atoms with Crippen molar-refractivity contribution in [2.24, 2.45) is 5.92 Å². The number of hydrogen-bond acceptors (Lipinski definition) is 6. The van der Waals surface area contributed by atoms with E-state index in [9.17, 15) is 0 Å². The van der Waals surface area contributed by atoms with Crippen molar-refractivity contribution in [1.29, 1.82) is 0 Å². The van der Waals surface area contributed by atoms with Crippen LogP contribution in [0.15, 0.2) is 30.7 Å². The fourth-order valence-electron chi connectivity index (χ4n) is 3.98. The summed E-state index contributed by atoms with van der Waals surface area (Å²) >= 11 is 0. The number of ether oxygens (including phenoxy) is 1. The molecule has 7 nitrogen and oxygen atoms in total. The van der Waals surface area contributed by atoms with Crippen LogP contribution >= 0.6 is 0 Å². The highest BCUT2D eigenvalue weighted by atomic mass is 16.5. The van der Waals surface area contributed by atoms with Gasteiger partial charge in [-0.05, 0) is 68.0 Å². The third kappa shape index (κ3) is 3.82. The maximum Gasteiger partial charge on any atom is 0.263 e. The van der Waals surface area contributed by atoms with Gasteiger partial charge in [-0.2, -0.15) is 5.10 Å². The molecule has 2 aliphatic rings. The Morgan fingerprint density at radius 3 is 2.93 bits per heavy atom. The van der Waals surface area contributed by atoms with Gasteiger partial charge in [-0.15, -0.1) is 0 Å². The normalized spacial score (nSPS) is 16.6. The Balaban J connectivity index is 1.42. The third-order valence-corrected chi connectivity index (χ3v) is 5.78. The zero-order valence-corrected chi connectivity index (χ0v) is 16.9. The van der Waals surface area contributed by atoms with Gasteiger partial charge in [-0.1, -0.05) is 0 Å². The van der Waals surface area contributed by atoms with Crippen molar-refractivity contribution in [1.82, 2.24) is 24.6 Å². The molecule has 2 aromatic heterocycles. The van der Waals surface area contributed by atoms with Crippen LogP contribution in [0.1, 0.15) is 29.5 Å². The van der Waals surface area contributed by atoms with Gasteiger partial charge in [-0.25, -0.2) is 9.97 Å². The number of hydrogen-bond donors (Lipinski definition) is 1. The summed E-state index contributed by atoms with van der Waals surface area (Å²) in [6.45, 7) is 5.16. The predicted molar refractivity (Wildman–Crippen MR) is 112 cm³/mol. The maximum atomic E-state index is 6.04. The van der Waals surface area contributed by atoms with Gasteiger partial charge in [0.05, 0.1) is 24.3 Å². The number of rotatable bonds is 5. The zero-order chi connectivity index (χ0) is 20.0. The average Bonchev–Trinajstić information content (AvgIpc) is 3.40. The van der Waals surface area contributed by atoms with Gasteiger partial charge >= 0.3 is 0 Å². The molecule has 150 valence electrons. The lowest BCUT2D eigenvalue weighted by molar-refractivity contribution is 0.312. The lowest BCUT2D eigenvalue weighted by atomic mass is 9.92. The fourth-order valence-corrected chi connectivity index (χ4v) is 3.98. The summed E-state index contributed by atoms with van der Waals surface area (Å²) in [5.74, 6) is 1.98. The van der Waals surface area contributed by atoms with E-state index in [1.807, 2.05) is 10.9 Å². The molecule has 0 saturated heterocycles. The highest BCUT2D eigenvalue weighted by molar-refractivity contribution is 5.64. The molecule has 1 aliphatic heterocycles. The van der Waals surface area contributed by atoms with Crippen LogP contribution in [0.5, 0.6) is 11.6 Å². The average molecular weight is 390 g/mol. The summed E-state index contributed by atoms with van der Waals surface area (Å²) in [5.41, 5.74) is 12.0. The van der Waals surface area contributed by atoms with Crippen LogP contribution in [-0.4, -0.2) is 38.2 Å². The van der Waals surface area contributed by atoms with Crippen molar-refractivity contribution in [2.75, 3.05) is 19.3 Å². The second-order valence-electron chi connectivity index (χ2n) is 8.31. The largest absolute Gasteiger partial charge is 0.433 e. The number of likely N-dealkylation sites (N-methyl/N-ethyl adjacent to an activating group) is 1. The predicted octanol–water partition coefficient (Wildman–Crippen LogP) is 3.42. The third-order valence-electron chi connectivity index (χ3n) is 5.78. The lowest BCUT2D eigenvalue weighted by Crippen LogP contribution is -2.27. The van der Waals surface area contributed by atoms with Gasteiger partial charge in [0.25, 0.3) is 5.88 Å². The Labute approximate surface area is 170 Å². The standard InChI is InChI=1S/C22H26N6O/c1-14-7-16(8-17-12-27(2)6-5-19(14)17)20-10-24-21(23)22(26-20)29-18-9-25-28(13-18)11-15-3-4-15/h7-10,13,15H,3-6,11-12H2,1-2H3,(H2,23,24). The van der Waals surface area contributed by atoms with Crippen molar-refractivity contribution in [3.05, 3.63) is 47.4 Å². The molecule has 0 amide bonds. The molecule has 0 bridgehead atoms. The second-order valence-corrected chi connectivity index (χ2v) is 8.31. The lowest BCUT2D eigenvalue weighted by Gasteiger charge is -2.27. The zero-order valence-electron chi connectivity index (χ0n) is 16.9. The number of nitrogens with zero attached hydrogens (tertiary/aromatic N) is 5.